The molecule has 0 aromatic carbocycles. The summed E-state index contributed by atoms with van der Waals surface area (Å²) in [6, 6.07) is 3.95. The van der Waals surface area contributed by atoms with E-state index in [9.17, 15) is 0 Å². The van der Waals surface area contributed by atoms with Crippen LogP contribution in [-0.4, -0.2) is 55.3 Å². The van der Waals surface area contributed by atoms with Gasteiger partial charge in [-0.2, -0.15) is 5.10 Å². The van der Waals surface area contributed by atoms with E-state index in [2.05, 4.69) is 46.0 Å². The lowest BCUT2D eigenvalue weighted by Crippen LogP contribution is -2.33. The molecule has 0 unspecified atom stereocenters. The van der Waals surface area contributed by atoms with Crippen molar-refractivity contribution in [1.82, 2.24) is 34.6 Å². The Morgan fingerprint density at radius 3 is 2.59 bits per heavy atom. The molecule has 0 amide bonds. The van der Waals surface area contributed by atoms with Crippen LogP contribution in [0.15, 0.2) is 36.9 Å². The molecule has 0 aliphatic carbocycles. The highest BCUT2D eigenvalue weighted by Gasteiger charge is 2.19. The fourth-order valence-corrected chi connectivity index (χ4v) is 3.08. The summed E-state index contributed by atoms with van der Waals surface area (Å²) in [4.78, 5) is 21.4. The Kier molecular flexibility index (Phi) is 4.93. The summed E-state index contributed by atoms with van der Waals surface area (Å²) in [6.07, 6.45) is 7.26. The van der Waals surface area contributed by atoms with Crippen LogP contribution in [0, 0.1) is 0 Å². The lowest BCUT2D eigenvalue weighted by Gasteiger charge is -2.27. The van der Waals surface area contributed by atoms with Crippen molar-refractivity contribution in [3.8, 4) is 0 Å². The molecule has 140 valence electrons. The van der Waals surface area contributed by atoms with Gasteiger partial charge in [-0.05, 0) is 12.1 Å². The summed E-state index contributed by atoms with van der Waals surface area (Å²) in [5, 5.41) is 7.88. The SMILES string of the molecule is CN(C)c1ncc(CN2CCn3nc(CNc4ncccn4)cc3C2)cn1. The van der Waals surface area contributed by atoms with Gasteiger partial charge in [-0.1, -0.05) is 0 Å². The summed E-state index contributed by atoms with van der Waals surface area (Å²) < 4.78 is 2.09. The summed E-state index contributed by atoms with van der Waals surface area (Å²) >= 11 is 0. The van der Waals surface area contributed by atoms with E-state index in [1.54, 1.807) is 18.5 Å². The van der Waals surface area contributed by atoms with Crippen molar-refractivity contribution in [2.75, 3.05) is 30.9 Å². The summed E-state index contributed by atoms with van der Waals surface area (Å²) in [6.45, 7) is 4.16. The van der Waals surface area contributed by atoms with Crippen LogP contribution in [0.25, 0.3) is 0 Å². The Morgan fingerprint density at radius 1 is 1.07 bits per heavy atom. The van der Waals surface area contributed by atoms with Gasteiger partial charge >= 0.3 is 0 Å². The number of nitrogens with zero attached hydrogens (tertiary/aromatic N) is 8. The average molecular weight is 365 g/mol. The molecule has 1 N–H and O–H groups in total. The maximum Gasteiger partial charge on any atom is 0.224 e. The molecule has 1 aliphatic heterocycles. The molecule has 9 nitrogen and oxygen atoms in total. The zero-order valence-electron chi connectivity index (χ0n) is 15.6. The van der Waals surface area contributed by atoms with Gasteiger partial charge in [0.2, 0.25) is 11.9 Å². The van der Waals surface area contributed by atoms with Crippen LogP contribution in [0.3, 0.4) is 0 Å². The molecule has 9 heteroatoms. The minimum atomic E-state index is 0.615. The second-order valence-corrected chi connectivity index (χ2v) is 6.77. The molecule has 3 aromatic heterocycles. The van der Waals surface area contributed by atoms with Crippen LogP contribution in [0.2, 0.25) is 0 Å². The van der Waals surface area contributed by atoms with Crippen LogP contribution in [0.4, 0.5) is 11.9 Å². The number of hydrogen-bond donors (Lipinski definition) is 1. The van der Waals surface area contributed by atoms with E-state index in [1.807, 2.05) is 31.4 Å². The van der Waals surface area contributed by atoms with E-state index in [4.69, 9.17) is 0 Å². The van der Waals surface area contributed by atoms with E-state index in [-0.39, 0.29) is 0 Å². The molecule has 0 saturated carbocycles. The van der Waals surface area contributed by atoms with Crippen molar-refractivity contribution in [3.05, 3.63) is 53.9 Å². The molecule has 0 bridgehead atoms. The fourth-order valence-electron chi connectivity index (χ4n) is 3.08. The van der Waals surface area contributed by atoms with Crippen LogP contribution in [0.1, 0.15) is 17.0 Å². The lowest BCUT2D eigenvalue weighted by atomic mass is 10.2. The number of aromatic nitrogens is 6. The van der Waals surface area contributed by atoms with Gasteiger partial charge in [-0.15, -0.1) is 0 Å². The first-order valence-electron chi connectivity index (χ1n) is 8.94. The molecule has 4 heterocycles. The molecule has 1 aliphatic rings. The molecule has 0 saturated heterocycles. The highest BCUT2D eigenvalue weighted by atomic mass is 15.3. The van der Waals surface area contributed by atoms with Crippen molar-refractivity contribution in [2.24, 2.45) is 0 Å². The zero-order chi connectivity index (χ0) is 18.6. The van der Waals surface area contributed by atoms with Crippen molar-refractivity contribution in [2.45, 2.75) is 26.2 Å². The van der Waals surface area contributed by atoms with E-state index < -0.39 is 0 Å². The third-order valence-corrected chi connectivity index (χ3v) is 4.42. The lowest BCUT2D eigenvalue weighted by molar-refractivity contribution is 0.204. The van der Waals surface area contributed by atoms with Crippen LogP contribution in [-0.2, 0) is 26.2 Å². The highest BCUT2D eigenvalue weighted by Crippen LogP contribution is 2.17. The van der Waals surface area contributed by atoms with Crippen molar-refractivity contribution in [1.29, 1.82) is 0 Å². The van der Waals surface area contributed by atoms with Gasteiger partial charge in [-0.25, -0.2) is 19.9 Å². The smallest absolute Gasteiger partial charge is 0.224 e. The second kappa shape index (κ2) is 7.67. The molecular weight excluding hydrogens is 342 g/mol. The van der Waals surface area contributed by atoms with Crippen molar-refractivity contribution in [3.63, 3.8) is 0 Å². The largest absolute Gasteiger partial charge is 0.348 e. The fraction of sp³-hybridized carbons (Fsp3) is 0.389. The number of hydrogen-bond acceptors (Lipinski definition) is 8. The molecule has 27 heavy (non-hydrogen) atoms. The molecule has 3 aromatic rings. The van der Waals surface area contributed by atoms with Crippen molar-refractivity contribution >= 4 is 11.9 Å². The van der Waals surface area contributed by atoms with Gasteiger partial charge < -0.3 is 10.2 Å². The molecule has 0 radical (unpaired) electrons. The number of anilines is 2. The molecule has 4 rings (SSSR count). The maximum absolute atomic E-state index is 4.68. The molecular formula is C18H23N9. The van der Waals surface area contributed by atoms with Gasteiger partial charge in [0.05, 0.1) is 24.5 Å². The Morgan fingerprint density at radius 2 is 1.85 bits per heavy atom. The maximum atomic E-state index is 4.68. The van der Waals surface area contributed by atoms with Gasteiger partial charge in [0.15, 0.2) is 0 Å². The summed E-state index contributed by atoms with van der Waals surface area (Å²) in [5.74, 6) is 1.35. The Hall–Kier alpha value is -3.07. The number of nitrogens with one attached hydrogen (secondary N) is 1. The van der Waals surface area contributed by atoms with E-state index in [0.29, 0.717) is 12.5 Å². The standard InChI is InChI=1S/C18H23N9/c1-25(2)18-22-9-14(10-23-18)12-26-6-7-27-16(13-26)8-15(24-27)11-21-17-19-4-3-5-20-17/h3-5,8-10H,6-7,11-13H2,1-2H3,(H,19,20,21). The van der Waals surface area contributed by atoms with Crippen molar-refractivity contribution < 1.29 is 0 Å². The Labute approximate surface area is 158 Å². The predicted octanol–water partition coefficient (Wildman–Crippen LogP) is 1.16. The Bertz CT molecular complexity index is 874. The second-order valence-electron chi connectivity index (χ2n) is 6.77. The topological polar surface area (TPSA) is 87.9 Å². The van der Waals surface area contributed by atoms with Gasteiger partial charge in [0.25, 0.3) is 0 Å². The van der Waals surface area contributed by atoms with Crippen LogP contribution < -0.4 is 10.2 Å². The zero-order valence-corrected chi connectivity index (χ0v) is 15.6. The highest BCUT2D eigenvalue weighted by molar-refractivity contribution is 5.27. The van der Waals surface area contributed by atoms with Gasteiger partial charge in [0.1, 0.15) is 0 Å². The summed E-state index contributed by atoms with van der Waals surface area (Å²) in [7, 11) is 3.88. The quantitative estimate of drug-likeness (QED) is 0.696. The average Bonchev–Trinajstić information content (AvgIpc) is 3.10. The molecule has 0 fully saturated rings. The van der Waals surface area contributed by atoms with Crippen LogP contribution >= 0.6 is 0 Å². The van der Waals surface area contributed by atoms with E-state index >= 15 is 0 Å². The summed E-state index contributed by atoms with van der Waals surface area (Å²) in [5.41, 5.74) is 3.34. The first kappa shape index (κ1) is 17.3. The number of fused-ring (bicyclic) bond motifs is 1. The number of rotatable bonds is 6. The van der Waals surface area contributed by atoms with Gasteiger partial charge in [0, 0.05) is 64.1 Å². The van der Waals surface area contributed by atoms with Gasteiger partial charge in [-0.3, -0.25) is 9.58 Å². The molecule has 0 spiro atoms. The Balaban J connectivity index is 1.36. The minimum Gasteiger partial charge on any atom is -0.348 e. The normalized spacial score (nSPS) is 14.0. The van der Waals surface area contributed by atoms with E-state index in [0.717, 1.165) is 43.4 Å². The monoisotopic (exact) mass is 365 g/mol. The molecule has 0 atom stereocenters. The minimum absolute atomic E-state index is 0.615. The van der Waals surface area contributed by atoms with Crippen LogP contribution in [0.5, 0.6) is 0 Å². The third kappa shape index (κ3) is 4.20. The first-order valence-corrected chi connectivity index (χ1v) is 8.94. The first-order chi connectivity index (χ1) is 13.2. The predicted molar refractivity (Wildman–Crippen MR) is 102 cm³/mol. The van der Waals surface area contributed by atoms with E-state index in [1.165, 1.54) is 5.69 Å². The third-order valence-electron chi connectivity index (χ3n) is 4.42.